The summed E-state index contributed by atoms with van der Waals surface area (Å²) < 4.78 is 0. The maximum absolute atomic E-state index is 10.7. The number of hydrogen-bond donors (Lipinski definition) is 2. The summed E-state index contributed by atoms with van der Waals surface area (Å²) in [6, 6.07) is 12.8. The van der Waals surface area contributed by atoms with Gasteiger partial charge in [0.25, 0.3) is 0 Å². The van der Waals surface area contributed by atoms with E-state index in [2.05, 4.69) is 38.1 Å². The van der Waals surface area contributed by atoms with E-state index in [-0.39, 0.29) is 5.41 Å². The van der Waals surface area contributed by atoms with Gasteiger partial charge in [0, 0.05) is 5.41 Å². The lowest BCUT2D eigenvalue weighted by Crippen LogP contribution is -2.27. The summed E-state index contributed by atoms with van der Waals surface area (Å²) in [4.78, 5) is 0. The van der Waals surface area contributed by atoms with Crippen LogP contribution in [0, 0.1) is 0 Å². The number of aromatic hydroxyl groups is 2. The fraction of sp³-hybridized carbons (Fsp3) is 0.586. The van der Waals surface area contributed by atoms with Gasteiger partial charge in [-0.2, -0.15) is 0 Å². The fourth-order valence-electron chi connectivity index (χ4n) is 6.42. The van der Waals surface area contributed by atoms with Crippen LogP contribution >= 0.6 is 0 Å². The van der Waals surface area contributed by atoms with Crippen LogP contribution in [-0.2, 0) is 5.41 Å². The number of hydrogen-bond acceptors (Lipinski definition) is 2. The van der Waals surface area contributed by atoms with Gasteiger partial charge in [-0.05, 0) is 84.7 Å². The fourth-order valence-corrected chi connectivity index (χ4v) is 6.42. The first-order valence-corrected chi connectivity index (χ1v) is 12.8. The molecule has 0 aliphatic heterocycles. The summed E-state index contributed by atoms with van der Waals surface area (Å²) in [5.74, 6) is 1.89. The minimum Gasteiger partial charge on any atom is -0.508 e. The van der Waals surface area contributed by atoms with Crippen molar-refractivity contribution in [3.63, 3.8) is 0 Å². The lowest BCUT2D eigenvalue weighted by molar-refractivity contribution is 0.408. The average molecular weight is 421 g/mol. The summed E-state index contributed by atoms with van der Waals surface area (Å²) >= 11 is 0. The second-order valence-electron chi connectivity index (χ2n) is 10.0. The molecular weight excluding hydrogens is 380 g/mol. The van der Waals surface area contributed by atoms with E-state index >= 15 is 0 Å². The van der Waals surface area contributed by atoms with Gasteiger partial charge in [0.15, 0.2) is 0 Å². The van der Waals surface area contributed by atoms with Crippen molar-refractivity contribution in [1.29, 1.82) is 0 Å². The highest BCUT2D eigenvalue weighted by Crippen LogP contribution is 2.46. The van der Waals surface area contributed by atoms with Gasteiger partial charge in [-0.3, -0.25) is 0 Å². The van der Waals surface area contributed by atoms with E-state index in [0.29, 0.717) is 23.3 Å². The molecule has 2 N–H and O–H groups in total. The van der Waals surface area contributed by atoms with Gasteiger partial charge in [0.2, 0.25) is 0 Å². The van der Waals surface area contributed by atoms with Gasteiger partial charge < -0.3 is 10.2 Å². The Morgan fingerprint density at radius 3 is 1.39 bits per heavy atom. The van der Waals surface area contributed by atoms with E-state index in [4.69, 9.17) is 0 Å². The highest BCUT2D eigenvalue weighted by molar-refractivity contribution is 5.49. The van der Waals surface area contributed by atoms with Crippen LogP contribution in [-0.4, -0.2) is 10.2 Å². The zero-order valence-corrected chi connectivity index (χ0v) is 19.5. The summed E-state index contributed by atoms with van der Waals surface area (Å²) in [5, 5.41) is 21.4. The minimum absolute atomic E-state index is 0.0891. The Labute approximate surface area is 188 Å². The topological polar surface area (TPSA) is 40.5 Å². The molecule has 0 bridgehead atoms. The smallest absolute Gasteiger partial charge is 0.119 e. The molecule has 2 saturated carbocycles. The first-order valence-electron chi connectivity index (χ1n) is 12.8. The molecule has 0 amide bonds. The summed E-state index contributed by atoms with van der Waals surface area (Å²) in [6.07, 6.45) is 14.5. The monoisotopic (exact) mass is 420 g/mol. The third-order valence-electron chi connectivity index (χ3n) is 8.46. The van der Waals surface area contributed by atoms with Gasteiger partial charge in [0.1, 0.15) is 11.5 Å². The van der Waals surface area contributed by atoms with Crippen LogP contribution in [0.15, 0.2) is 36.4 Å². The van der Waals surface area contributed by atoms with E-state index in [9.17, 15) is 10.2 Å². The van der Waals surface area contributed by atoms with Crippen LogP contribution in [0.5, 0.6) is 11.5 Å². The van der Waals surface area contributed by atoms with Crippen LogP contribution in [0.1, 0.15) is 125 Å². The molecule has 2 aromatic carbocycles. The first-order chi connectivity index (χ1) is 15.1. The standard InChI is InChI=1S/C29H40O2/c1-3-29(4-2,23-15-17-27(30)25(19-23)21-11-7-5-8-12-21)24-16-18-28(31)26(20-24)22-13-9-6-10-14-22/h15-22,30-31H,3-14H2,1-2H3. The molecule has 2 fully saturated rings. The molecule has 0 radical (unpaired) electrons. The summed E-state index contributed by atoms with van der Waals surface area (Å²) in [5.41, 5.74) is 4.84. The highest BCUT2D eigenvalue weighted by Gasteiger charge is 2.33. The number of phenols is 2. The van der Waals surface area contributed by atoms with Gasteiger partial charge in [-0.1, -0.05) is 76.6 Å². The maximum atomic E-state index is 10.7. The third kappa shape index (κ3) is 4.36. The lowest BCUT2D eigenvalue weighted by Gasteiger charge is -2.35. The maximum Gasteiger partial charge on any atom is 0.119 e. The molecule has 2 aliphatic rings. The van der Waals surface area contributed by atoms with E-state index in [0.717, 1.165) is 24.0 Å². The van der Waals surface area contributed by atoms with Gasteiger partial charge in [0.05, 0.1) is 0 Å². The van der Waals surface area contributed by atoms with Crippen molar-refractivity contribution in [2.24, 2.45) is 0 Å². The van der Waals surface area contributed by atoms with Crippen molar-refractivity contribution in [3.05, 3.63) is 58.7 Å². The van der Waals surface area contributed by atoms with E-state index in [1.165, 1.54) is 75.3 Å². The Morgan fingerprint density at radius 2 is 1.03 bits per heavy atom. The first kappa shape index (κ1) is 22.2. The molecule has 4 rings (SSSR count). The van der Waals surface area contributed by atoms with Crippen LogP contribution in [0.2, 0.25) is 0 Å². The predicted molar refractivity (Wildman–Crippen MR) is 129 cm³/mol. The van der Waals surface area contributed by atoms with Gasteiger partial charge >= 0.3 is 0 Å². The van der Waals surface area contributed by atoms with E-state index in [1.54, 1.807) is 0 Å². The van der Waals surface area contributed by atoms with E-state index in [1.807, 2.05) is 12.1 Å². The molecule has 0 saturated heterocycles. The van der Waals surface area contributed by atoms with Crippen LogP contribution < -0.4 is 0 Å². The average Bonchev–Trinajstić information content (AvgIpc) is 2.83. The Balaban J connectivity index is 1.76. The van der Waals surface area contributed by atoms with Crippen LogP contribution in [0.3, 0.4) is 0 Å². The Bertz CT molecular complexity index is 799. The molecule has 0 heterocycles. The SMILES string of the molecule is CCC(CC)(c1ccc(O)c(C2CCCCC2)c1)c1ccc(O)c(C2CCCCC2)c1. The van der Waals surface area contributed by atoms with Crippen molar-refractivity contribution in [3.8, 4) is 11.5 Å². The van der Waals surface area contributed by atoms with Gasteiger partial charge in [-0.15, -0.1) is 0 Å². The van der Waals surface area contributed by atoms with Crippen LogP contribution in [0.25, 0.3) is 0 Å². The molecule has 2 nitrogen and oxygen atoms in total. The largest absolute Gasteiger partial charge is 0.508 e. The molecule has 0 aromatic heterocycles. The molecular formula is C29H40O2. The number of benzene rings is 2. The Kier molecular flexibility index (Phi) is 6.94. The predicted octanol–water partition coefficient (Wildman–Crippen LogP) is 8.30. The molecule has 31 heavy (non-hydrogen) atoms. The Hall–Kier alpha value is -1.96. The highest BCUT2D eigenvalue weighted by atomic mass is 16.3. The Morgan fingerprint density at radius 1 is 0.645 bits per heavy atom. The number of phenolic OH excluding ortho intramolecular Hbond substituents is 2. The number of rotatable bonds is 6. The second-order valence-corrected chi connectivity index (χ2v) is 10.0. The lowest BCUT2D eigenvalue weighted by atomic mass is 9.68. The third-order valence-corrected chi connectivity index (χ3v) is 8.46. The molecule has 0 unspecified atom stereocenters. The zero-order valence-electron chi connectivity index (χ0n) is 19.5. The zero-order chi connectivity index (χ0) is 21.8. The second kappa shape index (κ2) is 9.67. The van der Waals surface area contributed by atoms with Crippen molar-refractivity contribution in [2.45, 2.75) is 108 Å². The van der Waals surface area contributed by atoms with Crippen molar-refractivity contribution in [1.82, 2.24) is 0 Å². The van der Waals surface area contributed by atoms with Crippen molar-refractivity contribution >= 4 is 0 Å². The van der Waals surface area contributed by atoms with Crippen molar-refractivity contribution in [2.75, 3.05) is 0 Å². The molecule has 0 atom stereocenters. The molecule has 168 valence electrons. The molecule has 0 spiro atoms. The molecule has 2 aromatic rings. The summed E-state index contributed by atoms with van der Waals surface area (Å²) in [6.45, 7) is 4.56. The molecule has 2 heteroatoms. The van der Waals surface area contributed by atoms with Gasteiger partial charge in [-0.25, -0.2) is 0 Å². The summed E-state index contributed by atoms with van der Waals surface area (Å²) in [7, 11) is 0. The van der Waals surface area contributed by atoms with Crippen molar-refractivity contribution < 1.29 is 10.2 Å². The van der Waals surface area contributed by atoms with E-state index < -0.39 is 0 Å². The quantitative estimate of drug-likeness (QED) is 0.493. The molecule has 2 aliphatic carbocycles. The normalized spacial score (nSPS) is 18.9. The minimum atomic E-state index is -0.0891. The van der Waals surface area contributed by atoms with Crippen LogP contribution in [0.4, 0.5) is 0 Å².